The van der Waals surface area contributed by atoms with Gasteiger partial charge in [-0.05, 0) is 13.0 Å². The second kappa shape index (κ2) is 4.03. The average molecular weight is 242 g/mol. The van der Waals surface area contributed by atoms with E-state index in [-0.39, 0.29) is 5.91 Å². The van der Waals surface area contributed by atoms with E-state index in [0.29, 0.717) is 22.6 Å². The van der Waals surface area contributed by atoms with Crippen LogP contribution in [-0.4, -0.2) is 11.1 Å². The molecule has 0 spiro atoms. The third kappa shape index (κ3) is 1.66. The molecule has 18 heavy (non-hydrogen) atoms. The van der Waals surface area contributed by atoms with Crippen LogP contribution in [-0.2, 0) is 0 Å². The molecule has 0 saturated heterocycles. The van der Waals surface area contributed by atoms with Crippen LogP contribution in [0.2, 0.25) is 0 Å². The van der Waals surface area contributed by atoms with Crippen molar-refractivity contribution in [3.05, 3.63) is 48.0 Å². The Hall–Kier alpha value is -2.56. The Morgan fingerprint density at radius 1 is 1.33 bits per heavy atom. The van der Waals surface area contributed by atoms with Gasteiger partial charge < -0.3 is 14.3 Å². The Morgan fingerprint density at radius 3 is 2.94 bits per heavy atom. The van der Waals surface area contributed by atoms with Gasteiger partial charge in [-0.15, -0.1) is 0 Å². The van der Waals surface area contributed by atoms with Crippen molar-refractivity contribution in [1.82, 2.24) is 5.16 Å². The number of fused-ring (bicyclic) bond motifs is 1. The fourth-order valence-electron chi connectivity index (χ4n) is 1.76. The maximum atomic E-state index is 12.1. The number of aryl methyl sites for hydroxylation is 1. The zero-order valence-electron chi connectivity index (χ0n) is 9.64. The molecule has 3 rings (SSSR count). The third-order valence-corrected chi connectivity index (χ3v) is 2.72. The Balaban J connectivity index is 1.95. The van der Waals surface area contributed by atoms with E-state index in [1.54, 1.807) is 6.92 Å². The van der Waals surface area contributed by atoms with E-state index in [1.165, 1.54) is 12.5 Å². The van der Waals surface area contributed by atoms with Crippen molar-refractivity contribution in [2.75, 3.05) is 5.32 Å². The Morgan fingerprint density at radius 2 is 2.17 bits per heavy atom. The minimum atomic E-state index is -0.244. The number of carbonyl (C=O) groups excluding carboxylic acids is 1. The second-order valence-electron chi connectivity index (χ2n) is 3.90. The lowest BCUT2D eigenvalue weighted by Crippen LogP contribution is -2.11. The number of rotatable bonds is 2. The SMILES string of the molecule is Cc1oncc1NC(=O)c1coc2ccccc12. The number of amides is 1. The van der Waals surface area contributed by atoms with Crippen molar-refractivity contribution in [2.45, 2.75) is 6.92 Å². The molecule has 0 fully saturated rings. The molecule has 1 aromatic carbocycles. The number of nitrogens with zero attached hydrogens (tertiary/aromatic N) is 1. The van der Waals surface area contributed by atoms with Gasteiger partial charge in [-0.3, -0.25) is 4.79 Å². The average Bonchev–Trinajstić information content (AvgIpc) is 2.96. The summed E-state index contributed by atoms with van der Waals surface area (Å²) in [4.78, 5) is 12.1. The van der Waals surface area contributed by atoms with Gasteiger partial charge in [0.15, 0.2) is 5.76 Å². The highest BCUT2D eigenvalue weighted by molar-refractivity contribution is 6.12. The fraction of sp³-hybridized carbons (Fsp3) is 0.0769. The lowest BCUT2D eigenvalue weighted by molar-refractivity contribution is 0.102. The topological polar surface area (TPSA) is 68.3 Å². The first-order valence-electron chi connectivity index (χ1n) is 5.44. The summed E-state index contributed by atoms with van der Waals surface area (Å²) in [5.41, 5.74) is 1.74. The zero-order valence-corrected chi connectivity index (χ0v) is 9.64. The highest BCUT2D eigenvalue weighted by Crippen LogP contribution is 2.22. The van der Waals surface area contributed by atoms with E-state index in [1.807, 2.05) is 24.3 Å². The van der Waals surface area contributed by atoms with E-state index in [4.69, 9.17) is 8.94 Å². The summed E-state index contributed by atoms with van der Waals surface area (Å²) < 4.78 is 10.2. The van der Waals surface area contributed by atoms with Crippen molar-refractivity contribution >= 4 is 22.6 Å². The smallest absolute Gasteiger partial charge is 0.259 e. The van der Waals surface area contributed by atoms with Gasteiger partial charge in [0.1, 0.15) is 17.5 Å². The molecule has 0 aliphatic rings. The van der Waals surface area contributed by atoms with Crippen molar-refractivity contribution < 1.29 is 13.7 Å². The largest absolute Gasteiger partial charge is 0.463 e. The molecular weight excluding hydrogens is 232 g/mol. The number of aromatic nitrogens is 1. The van der Waals surface area contributed by atoms with Crippen LogP contribution in [0.15, 0.2) is 45.7 Å². The van der Waals surface area contributed by atoms with Crippen LogP contribution in [0.1, 0.15) is 16.1 Å². The standard InChI is InChI=1S/C13H10N2O3/c1-8-11(6-14-18-8)15-13(16)10-7-17-12-5-3-2-4-9(10)12/h2-7H,1H3,(H,15,16). The van der Waals surface area contributed by atoms with E-state index < -0.39 is 0 Å². The number of carbonyl (C=O) groups is 1. The lowest BCUT2D eigenvalue weighted by atomic mass is 10.1. The first-order chi connectivity index (χ1) is 8.75. The predicted octanol–water partition coefficient (Wildman–Crippen LogP) is 2.98. The number of benzene rings is 1. The van der Waals surface area contributed by atoms with Crippen LogP contribution in [0.4, 0.5) is 5.69 Å². The maximum Gasteiger partial charge on any atom is 0.259 e. The second-order valence-corrected chi connectivity index (χ2v) is 3.90. The van der Waals surface area contributed by atoms with Crippen LogP contribution < -0.4 is 5.32 Å². The molecule has 3 aromatic rings. The molecule has 0 unspecified atom stereocenters. The lowest BCUT2D eigenvalue weighted by Gasteiger charge is -2.00. The summed E-state index contributed by atoms with van der Waals surface area (Å²) in [6.07, 6.45) is 2.92. The van der Waals surface area contributed by atoms with Gasteiger partial charge >= 0.3 is 0 Å². The Labute approximate surface area is 102 Å². The van der Waals surface area contributed by atoms with Gasteiger partial charge in [0.2, 0.25) is 0 Å². The first kappa shape index (κ1) is 10.6. The first-order valence-corrected chi connectivity index (χ1v) is 5.44. The number of hydrogen-bond donors (Lipinski definition) is 1. The van der Waals surface area contributed by atoms with Gasteiger partial charge in [-0.25, -0.2) is 0 Å². The van der Waals surface area contributed by atoms with Gasteiger partial charge in [0.25, 0.3) is 5.91 Å². The molecule has 0 saturated carbocycles. The molecule has 2 aromatic heterocycles. The Kier molecular flexibility index (Phi) is 2.37. The molecule has 0 aliphatic carbocycles. The van der Waals surface area contributed by atoms with Gasteiger partial charge in [-0.2, -0.15) is 0 Å². The molecular formula is C13H10N2O3. The molecule has 1 N–H and O–H groups in total. The maximum absolute atomic E-state index is 12.1. The molecule has 2 heterocycles. The summed E-state index contributed by atoms with van der Waals surface area (Å²) in [5, 5.41) is 7.12. The van der Waals surface area contributed by atoms with E-state index in [9.17, 15) is 4.79 Å². The molecule has 0 atom stereocenters. The predicted molar refractivity (Wildman–Crippen MR) is 65.4 cm³/mol. The molecule has 5 heteroatoms. The molecule has 0 aliphatic heterocycles. The van der Waals surface area contributed by atoms with Crippen molar-refractivity contribution in [3.63, 3.8) is 0 Å². The van der Waals surface area contributed by atoms with Gasteiger partial charge in [-0.1, -0.05) is 23.4 Å². The molecule has 0 bridgehead atoms. The summed E-state index contributed by atoms with van der Waals surface area (Å²) in [6, 6.07) is 7.38. The van der Waals surface area contributed by atoms with Gasteiger partial charge in [0.05, 0.1) is 11.8 Å². The van der Waals surface area contributed by atoms with Crippen molar-refractivity contribution in [1.29, 1.82) is 0 Å². The number of nitrogens with one attached hydrogen (secondary N) is 1. The summed E-state index contributed by atoms with van der Waals surface area (Å²) in [5.74, 6) is 0.322. The number of furan rings is 1. The van der Waals surface area contributed by atoms with Crippen LogP contribution in [0.3, 0.4) is 0 Å². The van der Waals surface area contributed by atoms with E-state index in [0.717, 1.165) is 5.39 Å². The summed E-state index contributed by atoms with van der Waals surface area (Å²) >= 11 is 0. The Bertz CT molecular complexity index is 712. The van der Waals surface area contributed by atoms with Crippen LogP contribution >= 0.6 is 0 Å². The van der Waals surface area contributed by atoms with Crippen LogP contribution in [0.25, 0.3) is 11.0 Å². The highest BCUT2D eigenvalue weighted by Gasteiger charge is 2.15. The monoisotopic (exact) mass is 242 g/mol. The number of para-hydroxylation sites is 1. The fourth-order valence-corrected chi connectivity index (χ4v) is 1.76. The van der Waals surface area contributed by atoms with E-state index in [2.05, 4.69) is 10.5 Å². The molecule has 90 valence electrons. The number of hydrogen-bond acceptors (Lipinski definition) is 4. The van der Waals surface area contributed by atoms with Crippen LogP contribution in [0.5, 0.6) is 0 Å². The zero-order chi connectivity index (χ0) is 12.5. The van der Waals surface area contributed by atoms with Crippen molar-refractivity contribution in [2.24, 2.45) is 0 Å². The summed E-state index contributed by atoms with van der Waals surface area (Å²) in [7, 11) is 0. The third-order valence-electron chi connectivity index (χ3n) is 2.72. The minimum absolute atomic E-state index is 0.244. The van der Waals surface area contributed by atoms with E-state index >= 15 is 0 Å². The summed E-state index contributed by atoms with van der Waals surface area (Å²) in [6.45, 7) is 1.73. The molecule has 0 radical (unpaired) electrons. The quantitative estimate of drug-likeness (QED) is 0.750. The van der Waals surface area contributed by atoms with Gasteiger partial charge in [0, 0.05) is 5.39 Å². The molecule has 1 amide bonds. The minimum Gasteiger partial charge on any atom is -0.463 e. The molecule has 5 nitrogen and oxygen atoms in total. The van der Waals surface area contributed by atoms with Crippen LogP contribution in [0, 0.1) is 6.92 Å². The van der Waals surface area contributed by atoms with Crippen molar-refractivity contribution in [3.8, 4) is 0 Å². The number of anilines is 1. The highest BCUT2D eigenvalue weighted by atomic mass is 16.5. The normalized spacial score (nSPS) is 10.7.